The molecule has 0 amide bonds. The van der Waals surface area contributed by atoms with E-state index >= 15 is 0 Å². The van der Waals surface area contributed by atoms with Gasteiger partial charge in [0.05, 0.1) is 0 Å². The second-order valence-corrected chi connectivity index (χ2v) is 5.30. The van der Waals surface area contributed by atoms with E-state index in [1.807, 2.05) is 17.9 Å². The number of hydrogen-bond donors (Lipinski definition) is 0. The summed E-state index contributed by atoms with van der Waals surface area (Å²) in [4.78, 5) is 5.03. The van der Waals surface area contributed by atoms with Gasteiger partial charge in [-0.05, 0) is 25.6 Å². The highest BCUT2D eigenvalue weighted by Gasteiger charge is 2.14. The van der Waals surface area contributed by atoms with Gasteiger partial charge in [-0.25, -0.2) is 0 Å². The summed E-state index contributed by atoms with van der Waals surface area (Å²) in [5, 5.41) is 4.21. The van der Waals surface area contributed by atoms with Gasteiger partial charge in [-0.1, -0.05) is 0 Å². The summed E-state index contributed by atoms with van der Waals surface area (Å²) < 4.78 is 1.97. The highest BCUT2D eigenvalue weighted by atomic mass is 35.5. The third-order valence-corrected chi connectivity index (χ3v) is 3.86. The Morgan fingerprint density at radius 2 is 1.89 bits per heavy atom. The largest absolute Gasteiger partial charge is 0.302 e. The zero-order chi connectivity index (χ0) is 12.8. The summed E-state index contributed by atoms with van der Waals surface area (Å²) >= 11 is 5.81. The Labute approximate surface area is 115 Å². The molecule has 0 saturated carbocycles. The van der Waals surface area contributed by atoms with Crippen LogP contribution in [0.15, 0.2) is 12.3 Å². The van der Waals surface area contributed by atoms with E-state index in [-0.39, 0.29) is 0 Å². The standard InChI is InChI=1S/C13H23ClN4/c1-16-13(3-6-15-16)4-9-17-7-2-8-18(10-5-14)12-11-17/h3,6H,2,4-5,7-12H2,1H3. The highest BCUT2D eigenvalue weighted by Crippen LogP contribution is 2.05. The van der Waals surface area contributed by atoms with Crippen LogP contribution >= 0.6 is 11.6 Å². The molecule has 0 spiro atoms. The Bertz CT molecular complexity index is 353. The van der Waals surface area contributed by atoms with Crippen molar-refractivity contribution >= 4 is 11.6 Å². The molecule has 0 bridgehead atoms. The first kappa shape index (κ1) is 13.8. The third kappa shape index (κ3) is 3.97. The molecule has 1 aliphatic rings. The summed E-state index contributed by atoms with van der Waals surface area (Å²) in [6.07, 6.45) is 4.22. The number of alkyl halides is 1. The van der Waals surface area contributed by atoms with E-state index in [1.54, 1.807) is 0 Å². The molecule has 0 aromatic carbocycles. The molecule has 0 atom stereocenters. The monoisotopic (exact) mass is 270 g/mol. The summed E-state index contributed by atoms with van der Waals surface area (Å²) in [6.45, 7) is 6.86. The first-order chi connectivity index (χ1) is 8.79. The van der Waals surface area contributed by atoms with E-state index in [9.17, 15) is 0 Å². The van der Waals surface area contributed by atoms with Crippen LogP contribution in [-0.4, -0.2) is 64.7 Å². The van der Waals surface area contributed by atoms with E-state index in [4.69, 9.17) is 11.6 Å². The zero-order valence-electron chi connectivity index (χ0n) is 11.2. The lowest BCUT2D eigenvalue weighted by atomic mass is 10.3. The minimum atomic E-state index is 0.745. The molecule has 1 aromatic heterocycles. The molecule has 1 aliphatic heterocycles. The van der Waals surface area contributed by atoms with Crippen molar-refractivity contribution in [1.82, 2.24) is 19.6 Å². The van der Waals surface area contributed by atoms with Crippen LogP contribution in [0, 0.1) is 0 Å². The topological polar surface area (TPSA) is 24.3 Å². The fraction of sp³-hybridized carbons (Fsp3) is 0.769. The molecular formula is C13H23ClN4. The lowest BCUT2D eigenvalue weighted by molar-refractivity contribution is 0.265. The van der Waals surface area contributed by atoms with Gasteiger partial charge in [0.2, 0.25) is 0 Å². The fourth-order valence-electron chi connectivity index (χ4n) is 2.51. The van der Waals surface area contributed by atoms with Gasteiger partial charge in [0.25, 0.3) is 0 Å². The van der Waals surface area contributed by atoms with Crippen molar-refractivity contribution < 1.29 is 0 Å². The lowest BCUT2D eigenvalue weighted by Crippen LogP contribution is -2.33. The van der Waals surface area contributed by atoms with E-state index in [0.29, 0.717) is 0 Å². The van der Waals surface area contributed by atoms with Gasteiger partial charge in [-0.2, -0.15) is 5.10 Å². The molecule has 1 fully saturated rings. The molecule has 102 valence electrons. The maximum Gasteiger partial charge on any atom is 0.0492 e. The first-order valence-electron chi connectivity index (χ1n) is 6.77. The average molecular weight is 271 g/mol. The predicted molar refractivity (Wildman–Crippen MR) is 75.1 cm³/mol. The van der Waals surface area contributed by atoms with Crippen LogP contribution in [0.5, 0.6) is 0 Å². The Morgan fingerprint density at radius 3 is 2.50 bits per heavy atom. The first-order valence-corrected chi connectivity index (χ1v) is 7.30. The minimum absolute atomic E-state index is 0.745. The van der Waals surface area contributed by atoms with E-state index < -0.39 is 0 Å². The maximum absolute atomic E-state index is 5.81. The van der Waals surface area contributed by atoms with Crippen LogP contribution in [0.4, 0.5) is 0 Å². The Balaban J connectivity index is 1.75. The summed E-state index contributed by atoms with van der Waals surface area (Å²) in [6, 6.07) is 2.11. The number of hydrogen-bond acceptors (Lipinski definition) is 3. The van der Waals surface area contributed by atoms with E-state index in [1.165, 1.54) is 25.2 Å². The Hall–Kier alpha value is -0.580. The van der Waals surface area contributed by atoms with Gasteiger partial charge < -0.3 is 9.80 Å². The minimum Gasteiger partial charge on any atom is -0.302 e. The third-order valence-electron chi connectivity index (χ3n) is 3.69. The average Bonchev–Trinajstić information content (AvgIpc) is 2.63. The van der Waals surface area contributed by atoms with E-state index in [0.717, 1.165) is 38.5 Å². The van der Waals surface area contributed by atoms with Gasteiger partial charge in [0, 0.05) is 57.4 Å². The smallest absolute Gasteiger partial charge is 0.0492 e. The molecule has 1 aromatic rings. The summed E-state index contributed by atoms with van der Waals surface area (Å²) in [5.41, 5.74) is 1.32. The molecular weight excluding hydrogens is 248 g/mol. The van der Waals surface area contributed by atoms with Gasteiger partial charge in [-0.15, -0.1) is 11.6 Å². The van der Waals surface area contributed by atoms with E-state index in [2.05, 4.69) is 21.0 Å². The molecule has 2 heterocycles. The predicted octanol–water partition coefficient (Wildman–Crippen LogP) is 1.21. The molecule has 4 nitrogen and oxygen atoms in total. The number of aromatic nitrogens is 2. The van der Waals surface area contributed by atoms with Gasteiger partial charge in [0.1, 0.15) is 0 Å². The fourth-order valence-corrected chi connectivity index (χ4v) is 2.75. The van der Waals surface area contributed by atoms with Gasteiger partial charge >= 0.3 is 0 Å². The molecule has 0 aliphatic carbocycles. The van der Waals surface area contributed by atoms with Gasteiger partial charge in [-0.3, -0.25) is 4.68 Å². The van der Waals surface area contributed by atoms with Crippen LogP contribution in [-0.2, 0) is 13.5 Å². The lowest BCUT2D eigenvalue weighted by Gasteiger charge is -2.21. The SMILES string of the molecule is Cn1nccc1CCN1CCCN(CCCl)CC1. The van der Waals surface area contributed by atoms with Crippen molar-refractivity contribution in [2.75, 3.05) is 45.1 Å². The second kappa shape index (κ2) is 7.12. The number of nitrogens with zero attached hydrogens (tertiary/aromatic N) is 4. The maximum atomic E-state index is 5.81. The Morgan fingerprint density at radius 1 is 1.17 bits per heavy atom. The van der Waals surface area contributed by atoms with Crippen molar-refractivity contribution in [3.05, 3.63) is 18.0 Å². The summed E-state index contributed by atoms with van der Waals surface area (Å²) in [5.74, 6) is 0.745. The van der Waals surface area contributed by atoms with Crippen molar-refractivity contribution in [2.45, 2.75) is 12.8 Å². The van der Waals surface area contributed by atoms with Crippen LogP contribution in [0.1, 0.15) is 12.1 Å². The van der Waals surface area contributed by atoms with Crippen LogP contribution in [0.3, 0.4) is 0 Å². The number of halogens is 1. The normalized spacial score (nSPS) is 19.0. The molecule has 5 heteroatoms. The number of aryl methyl sites for hydroxylation is 1. The molecule has 18 heavy (non-hydrogen) atoms. The summed E-state index contributed by atoms with van der Waals surface area (Å²) in [7, 11) is 2.01. The highest BCUT2D eigenvalue weighted by molar-refractivity contribution is 6.18. The zero-order valence-corrected chi connectivity index (χ0v) is 11.9. The van der Waals surface area contributed by atoms with Crippen molar-refractivity contribution in [3.8, 4) is 0 Å². The van der Waals surface area contributed by atoms with Crippen LogP contribution < -0.4 is 0 Å². The van der Waals surface area contributed by atoms with Gasteiger partial charge in [0.15, 0.2) is 0 Å². The van der Waals surface area contributed by atoms with Crippen LogP contribution in [0.25, 0.3) is 0 Å². The molecule has 1 saturated heterocycles. The second-order valence-electron chi connectivity index (χ2n) is 4.92. The molecule has 0 radical (unpaired) electrons. The van der Waals surface area contributed by atoms with Crippen molar-refractivity contribution in [1.29, 1.82) is 0 Å². The Kier molecular flexibility index (Phi) is 5.47. The quantitative estimate of drug-likeness (QED) is 0.752. The molecule has 2 rings (SSSR count). The molecule has 0 unspecified atom stereocenters. The van der Waals surface area contributed by atoms with Crippen molar-refractivity contribution in [2.24, 2.45) is 7.05 Å². The van der Waals surface area contributed by atoms with Crippen molar-refractivity contribution in [3.63, 3.8) is 0 Å². The molecule has 0 N–H and O–H groups in total. The number of rotatable bonds is 5. The van der Waals surface area contributed by atoms with Crippen LogP contribution in [0.2, 0.25) is 0 Å².